The van der Waals surface area contributed by atoms with E-state index in [1.807, 2.05) is 13.8 Å². The van der Waals surface area contributed by atoms with Crippen molar-refractivity contribution in [3.63, 3.8) is 0 Å². The summed E-state index contributed by atoms with van der Waals surface area (Å²) in [4.78, 5) is 50.0. The fraction of sp³-hybridized carbons (Fsp3) is 0.400. The molecule has 0 spiro atoms. The Morgan fingerprint density at radius 2 is 1.13 bits per heavy atom. The number of azo groups is 2. The molecule has 2 aromatic carbocycles. The van der Waals surface area contributed by atoms with Crippen LogP contribution >= 0.6 is 0 Å². The van der Waals surface area contributed by atoms with Gasteiger partial charge in [-0.25, -0.2) is 4.85 Å². The Labute approximate surface area is 367 Å². The SMILES string of the molecule is CCCCn1c(O)c(N=Nc2cc([N+](=O)[O-])ccc2O)c(C)c(C#N)c1=O.CC[NH+](CC)CC.[C-]#[N+]c1c(C)c(N=Nc2cc([N+](=O)[O-])ccc2O)c(O)n(CCCC)c1=O.[Co]. The Hall–Kier alpha value is -7.01. The van der Waals surface area contributed by atoms with E-state index in [0.717, 1.165) is 58.4 Å². The molecule has 1 radical (unpaired) electrons. The fourth-order valence-electron chi connectivity index (χ4n) is 5.52. The van der Waals surface area contributed by atoms with Crippen LogP contribution in [-0.4, -0.2) is 59.0 Å². The summed E-state index contributed by atoms with van der Waals surface area (Å²) in [6, 6.07) is 8.26. The molecule has 2 heterocycles. The Balaban J connectivity index is 0.000000530. The molecule has 22 heteroatoms. The summed E-state index contributed by atoms with van der Waals surface area (Å²) in [5.74, 6) is -1.60. The number of hydrogen-bond donors (Lipinski definition) is 5. The van der Waals surface area contributed by atoms with Crippen molar-refractivity contribution in [2.24, 2.45) is 20.5 Å². The zero-order valence-electron chi connectivity index (χ0n) is 35.4. The standard InChI is InChI=1S/2C17H17N5O5.C6H15N.Co/c1-4-5-8-21-16(24)14(18-3)10(2)15(17(21)25)20-19-12-9-11(22(26)27)6-7-13(12)23;1-3-4-7-21-16(24)12(9-18)10(2)15(17(21)25)20-19-13-8-11(22(26)27)5-6-14(13)23;1-4-7(5-2)6-3;/h6-7,9,23,25H,4-5,8H2,1-2H3;5-6,8,23,25H,3-4,7H2,1-2H3;4-6H2,1-3H3;/p+1. The van der Waals surface area contributed by atoms with Crippen LogP contribution in [0.3, 0.4) is 0 Å². The van der Waals surface area contributed by atoms with Gasteiger partial charge in [0.15, 0.2) is 5.69 Å². The molecule has 5 N–H and O–H groups in total. The van der Waals surface area contributed by atoms with Crippen LogP contribution in [0.5, 0.6) is 23.3 Å². The van der Waals surface area contributed by atoms with Gasteiger partial charge >= 0.3 is 0 Å². The predicted octanol–water partition coefficient (Wildman–Crippen LogP) is 7.73. The molecule has 2 aromatic heterocycles. The molecule has 0 aliphatic carbocycles. The van der Waals surface area contributed by atoms with Gasteiger partial charge in [0, 0.05) is 59.7 Å². The van der Waals surface area contributed by atoms with Crippen LogP contribution in [0.1, 0.15) is 77.0 Å². The van der Waals surface area contributed by atoms with Crippen molar-refractivity contribution in [1.82, 2.24) is 9.13 Å². The number of phenols is 2. The van der Waals surface area contributed by atoms with Gasteiger partial charge in [-0.15, -0.1) is 20.5 Å². The summed E-state index contributed by atoms with van der Waals surface area (Å²) < 4.78 is 2.09. The van der Waals surface area contributed by atoms with Crippen LogP contribution in [-0.2, 0) is 29.9 Å². The number of nitro benzene ring substituents is 2. The van der Waals surface area contributed by atoms with E-state index in [1.165, 1.54) is 33.5 Å². The summed E-state index contributed by atoms with van der Waals surface area (Å²) in [6.07, 6.45) is 2.74. The molecule has 0 unspecified atom stereocenters. The molecule has 0 saturated carbocycles. The number of hydrogen-bond acceptors (Lipinski definition) is 15. The number of non-ortho nitro benzene ring substituents is 2. The average Bonchev–Trinajstić information content (AvgIpc) is 3.23. The van der Waals surface area contributed by atoms with Gasteiger partial charge in [0.25, 0.3) is 28.2 Å². The zero-order valence-corrected chi connectivity index (χ0v) is 36.4. The van der Waals surface area contributed by atoms with Gasteiger partial charge < -0.3 is 25.3 Å². The number of quaternary nitrogens is 1. The number of benzene rings is 2. The maximum Gasteiger partial charge on any atom is 0.271 e. The molecular weight excluding hydrogens is 853 g/mol. The Kier molecular flexibility index (Phi) is 21.9. The molecule has 0 saturated heterocycles. The Bertz CT molecular complexity index is 2310. The maximum absolute atomic E-state index is 12.3. The molecular formula is C40H50CoN11O10+. The van der Waals surface area contributed by atoms with Crippen LogP contribution in [0.2, 0.25) is 0 Å². The van der Waals surface area contributed by atoms with E-state index in [1.54, 1.807) is 11.0 Å². The normalized spacial score (nSPS) is 10.6. The molecule has 333 valence electrons. The van der Waals surface area contributed by atoms with Crippen molar-refractivity contribution >= 4 is 39.8 Å². The van der Waals surface area contributed by atoms with Gasteiger partial charge in [-0.1, -0.05) is 26.7 Å². The van der Waals surface area contributed by atoms with E-state index in [-0.39, 0.29) is 97.9 Å². The number of phenolic OH excluding ortho intramolecular Hbond substituents is 2. The molecule has 4 rings (SSSR count). The van der Waals surface area contributed by atoms with Gasteiger partial charge in [-0.3, -0.25) is 39.0 Å². The summed E-state index contributed by atoms with van der Waals surface area (Å²) in [5, 5.41) is 86.6. The number of nitro groups is 2. The molecule has 4 aromatic rings. The third kappa shape index (κ3) is 13.5. The van der Waals surface area contributed by atoms with E-state index >= 15 is 0 Å². The number of nitrogens with one attached hydrogen (secondary N) is 1. The number of pyridine rings is 2. The number of unbranched alkanes of at least 4 members (excludes halogenated alkanes) is 2. The van der Waals surface area contributed by atoms with Crippen LogP contribution in [0.15, 0.2) is 66.4 Å². The van der Waals surface area contributed by atoms with E-state index in [0.29, 0.717) is 12.8 Å². The van der Waals surface area contributed by atoms with Crippen molar-refractivity contribution in [1.29, 1.82) is 5.26 Å². The smallest absolute Gasteiger partial charge is 0.271 e. The average molecular weight is 904 g/mol. The van der Waals surface area contributed by atoms with Crippen molar-refractivity contribution < 1.29 is 52.0 Å². The Morgan fingerprint density at radius 1 is 0.726 bits per heavy atom. The molecule has 0 bridgehead atoms. The van der Waals surface area contributed by atoms with Gasteiger partial charge in [-0.05, 0) is 65.2 Å². The van der Waals surface area contributed by atoms with Crippen LogP contribution in [0, 0.1) is 52.0 Å². The number of aromatic nitrogens is 2. The van der Waals surface area contributed by atoms with Crippen LogP contribution in [0.4, 0.5) is 39.8 Å². The van der Waals surface area contributed by atoms with Crippen molar-refractivity contribution in [3.8, 4) is 29.3 Å². The second kappa shape index (κ2) is 25.6. The molecule has 0 amide bonds. The quantitative estimate of drug-likeness (QED) is 0.0333. The van der Waals surface area contributed by atoms with Gasteiger partial charge in [-0.2, -0.15) is 5.26 Å². The fourth-order valence-corrected chi connectivity index (χ4v) is 5.52. The molecule has 62 heavy (non-hydrogen) atoms. The molecule has 0 aliphatic heterocycles. The minimum atomic E-state index is -0.653. The van der Waals surface area contributed by atoms with E-state index in [2.05, 4.69) is 46.1 Å². The first-order chi connectivity index (χ1) is 29.0. The monoisotopic (exact) mass is 903 g/mol. The van der Waals surface area contributed by atoms with Crippen molar-refractivity contribution in [3.05, 3.63) is 105 Å². The first-order valence-corrected chi connectivity index (χ1v) is 19.3. The van der Waals surface area contributed by atoms with Gasteiger partial charge in [0.2, 0.25) is 11.8 Å². The van der Waals surface area contributed by atoms with Crippen molar-refractivity contribution in [2.45, 2.75) is 87.2 Å². The van der Waals surface area contributed by atoms with Gasteiger partial charge in [0.05, 0.1) is 36.1 Å². The minimum absolute atomic E-state index is 0. The van der Waals surface area contributed by atoms with E-state index in [9.17, 15) is 55.5 Å². The zero-order chi connectivity index (χ0) is 46.0. The van der Waals surface area contributed by atoms with Crippen LogP contribution < -0.4 is 16.0 Å². The Morgan fingerprint density at radius 3 is 1.47 bits per heavy atom. The number of rotatable bonds is 15. The largest absolute Gasteiger partial charge is 0.506 e. The second-order valence-corrected chi connectivity index (χ2v) is 13.2. The predicted molar refractivity (Wildman–Crippen MR) is 225 cm³/mol. The number of nitriles is 1. The summed E-state index contributed by atoms with van der Waals surface area (Å²) in [7, 11) is 0. The van der Waals surface area contributed by atoms with Gasteiger partial charge in [0.1, 0.15) is 40.2 Å². The summed E-state index contributed by atoms with van der Waals surface area (Å²) >= 11 is 0. The molecule has 0 aliphatic rings. The van der Waals surface area contributed by atoms with E-state index in [4.69, 9.17) is 6.57 Å². The first kappa shape index (κ1) is 53.0. The second-order valence-electron chi connectivity index (χ2n) is 13.2. The molecule has 0 atom stereocenters. The third-order valence-corrected chi connectivity index (χ3v) is 9.33. The first-order valence-electron chi connectivity index (χ1n) is 19.3. The molecule has 21 nitrogen and oxygen atoms in total. The van der Waals surface area contributed by atoms with E-state index < -0.39 is 32.7 Å². The number of nitrogens with zero attached hydrogens (tertiary/aromatic N) is 10. The molecule has 0 fully saturated rings. The minimum Gasteiger partial charge on any atom is -0.506 e. The summed E-state index contributed by atoms with van der Waals surface area (Å²) in [6.45, 7) is 24.8. The number of aromatic hydroxyl groups is 4. The van der Waals surface area contributed by atoms with Crippen molar-refractivity contribution in [2.75, 3.05) is 19.6 Å². The third-order valence-electron chi connectivity index (χ3n) is 9.33. The van der Waals surface area contributed by atoms with Crippen LogP contribution in [0.25, 0.3) is 4.85 Å². The topological polar surface area (TPSA) is 293 Å². The maximum atomic E-state index is 12.3. The summed E-state index contributed by atoms with van der Waals surface area (Å²) in [5.41, 5.74) is -2.55.